The Kier molecular flexibility index (Phi) is 14.4. The molecule has 2 unspecified atom stereocenters. The molecule has 0 saturated heterocycles. The number of phenols is 1. The minimum atomic E-state index is -4.61. The largest absolute Gasteiger partial charge is 0.507 e. The van der Waals surface area contributed by atoms with Gasteiger partial charge in [-0.3, -0.25) is 9.05 Å². The molecule has 1 aliphatic rings. The van der Waals surface area contributed by atoms with Crippen LogP contribution in [-0.2, 0) is 31.4 Å². The molecule has 2 aromatic rings. The molecule has 242 valence electrons. The summed E-state index contributed by atoms with van der Waals surface area (Å²) in [4.78, 5) is 24.4. The van der Waals surface area contributed by atoms with Crippen molar-refractivity contribution in [3.63, 3.8) is 0 Å². The molecule has 0 radical (unpaired) electrons. The van der Waals surface area contributed by atoms with Gasteiger partial charge in [-0.2, -0.15) is 0 Å². The van der Waals surface area contributed by atoms with Gasteiger partial charge in [-0.1, -0.05) is 107 Å². The van der Waals surface area contributed by atoms with E-state index < -0.39 is 19.9 Å². The van der Waals surface area contributed by atoms with Gasteiger partial charge >= 0.3 is 13.8 Å². The van der Waals surface area contributed by atoms with Crippen LogP contribution in [0.1, 0.15) is 115 Å². The van der Waals surface area contributed by atoms with Gasteiger partial charge in [-0.15, -0.1) is 0 Å². The minimum Gasteiger partial charge on any atom is -0.507 e. The first-order chi connectivity index (χ1) is 21.0. The SMILES string of the molecule is C=C(C)[C@@H]1CCC(C)=C[C@H]1c1c(O)cc(CCCCC)cc1OC(=O)C(CCCCCC)OP(=O)(O)OCc1ccccc1. The molecule has 0 aliphatic heterocycles. The number of carbonyl (C=O) groups excluding carboxylic acids is 1. The maximum Gasteiger partial charge on any atom is 0.473 e. The molecule has 0 spiro atoms. The maximum absolute atomic E-state index is 13.8. The lowest BCUT2D eigenvalue weighted by molar-refractivity contribution is -0.143. The van der Waals surface area contributed by atoms with Crippen LogP contribution in [0, 0.1) is 5.92 Å². The quantitative estimate of drug-likeness (QED) is 0.0558. The van der Waals surface area contributed by atoms with Crippen molar-refractivity contribution < 1.29 is 33.1 Å². The van der Waals surface area contributed by atoms with Crippen LogP contribution in [0.3, 0.4) is 0 Å². The molecule has 0 amide bonds. The molecular formula is C36H51O7P. The fourth-order valence-corrected chi connectivity index (χ4v) is 6.67. The van der Waals surface area contributed by atoms with Gasteiger partial charge in [-0.05, 0) is 75.1 Å². The summed E-state index contributed by atoms with van der Waals surface area (Å²) in [5, 5.41) is 11.4. The second-order valence-corrected chi connectivity index (χ2v) is 13.5. The number of esters is 1. The van der Waals surface area contributed by atoms with E-state index in [4.69, 9.17) is 13.8 Å². The van der Waals surface area contributed by atoms with Crippen molar-refractivity contribution in [2.45, 2.75) is 117 Å². The maximum atomic E-state index is 13.8. The Hall–Kier alpha value is -2.70. The summed E-state index contributed by atoms with van der Waals surface area (Å²) in [7, 11) is -4.61. The van der Waals surface area contributed by atoms with E-state index in [-0.39, 0.29) is 36.4 Å². The van der Waals surface area contributed by atoms with Crippen LogP contribution in [0.25, 0.3) is 0 Å². The van der Waals surface area contributed by atoms with Gasteiger partial charge < -0.3 is 14.7 Å². The molecular weight excluding hydrogens is 575 g/mol. The Morgan fingerprint density at radius 1 is 1.05 bits per heavy atom. The molecule has 0 saturated carbocycles. The number of aromatic hydroxyl groups is 1. The molecule has 0 heterocycles. The number of phosphoric acid groups is 1. The van der Waals surface area contributed by atoms with Gasteiger partial charge in [0.15, 0.2) is 6.10 Å². The van der Waals surface area contributed by atoms with Gasteiger partial charge in [0.1, 0.15) is 11.5 Å². The number of rotatable bonds is 18. The number of hydrogen-bond donors (Lipinski definition) is 2. The lowest BCUT2D eigenvalue weighted by atomic mass is 9.73. The minimum absolute atomic E-state index is 0.0677. The van der Waals surface area contributed by atoms with Crippen LogP contribution in [0.4, 0.5) is 0 Å². The van der Waals surface area contributed by atoms with Crippen LogP contribution < -0.4 is 4.74 Å². The van der Waals surface area contributed by atoms with E-state index >= 15 is 0 Å². The first-order valence-corrected chi connectivity index (χ1v) is 17.6. The Balaban J connectivity index is 1.93. The third-order valence-electron chi connectivity index (χ3n) is 8.25. The third kappa shape index (κ3) is 11.0. The monoisotopic (exact) mass is 626 g/mol. The summed E-state index contributed by atoms with van der Waals surface area (Å²) >= 11 is 0. The third-order valence-corrected chi connectivity index (χ3v) is 9.23. The molecule has 3 rings (SSSR count). The zero-order valence-electron chi connectivity index (χ0n) is 26.9. The predicted molar refractivity (Wildman–Crippen MR) is 176 cm³/mol. The molecule has 2 aromatic carbocycles. The molecule has 4 atom stereocenters. The van der Waals surface area contributed by atoms with E-state index in [9.17, 15) is 19.4 Å². The summed E-state index contributed by atoms with van der Waals surface area (Å²) < 4.78 is 29.8. The molecule has 7 nitrogen and oxygen atoms in total. The zero-order valence-corrected chi connectivity index (χ0v) is 27.8. The lowest BCUT2D eigenvalue weighted by Crippen LogP contribution is -2.29. The van der Waals surface area contributed by atoms with E-state index in [1.807, 2.05) is 19.1 Å². The van der Waals surface area contributed by atoms with Crippen molar-refractivity contribution in [3.05, 3.63) is 83.0 Å². The molecule has 44 heavy (non-hydrogen) atoms. The van der Waals surface area contributed by atoms with Gasteiger partial charge in [0, 0.05) is 11.5 Å². The van der Waals surface area contributed by atoms with Crippen LogP contribution >= 0.6 is 7.82 Å². The van der Waals surface area contributed by atoms with Crippen molar-refractivity contribution in [1.82, 2.24) is 0 Å². The first-order valence-electron chi connectivity index (χ1n) is 16.1. The normalized spacial score (nSPS) is 18.7. The summed E-state index contributed by atoms with van der Waals surface area (Å²) in [6.07, 6.45) is 10.0. The topological polar surface area (TPSA) is 102 Å². The average molecular weight is 627 g/mol. The van der Waals surface area contributed by atoms with Gasteiger partial charge in [0.25, 0.3) is 0 Å². The molecule has 2 N–H and O–H groups in total. The van der Waals surface area contributed by atoms with Crippen molar-refractivity contribution in [2.24, 2.45) is 5.92 Å². The number of benzene rings is 2. The molecule has 0 bridgehead atoms. The summed E-state index contributed by atoms with van der Waals surface area (Å²) in [5.74, 6) is -0.616. The molecule has 8 heteroatoms. The van der Waals surface area contributed by atoms with Crippen LogP contribution in [-0.4, -0.2) is 22.1 Å². The molecule has 1 aliphatic carbocycles. The number of phosphoric ester groups is 1. The zero-order chi connectivity index (χ0) is 32.1. The highest BCUT2D eigenvalue weighted by molar-refractivity contribution is 7.47. The summed E-state index contributed by atoms with van der Waals surface area (Å²) in [6.45, 7) is 12.3. The second-order valence-electron chi connectivity index (χ2n) is 12.1. The Labute approximate surface area is 264 Å². The summed E-state index contributed by atoms with van der Waals surface area (Å²) in [5.41, 5.74) is 4.30. The second kappa shape index (κ2) is 17.7. The highest BCUT2D eigenvalue weighted by atomic mass is 31.2. The number of carbonyl (C=O) groups is 1. The molecule has 0 fully saturated rings. The van der Waals surface area contributed by atoms with Gasteiger partial charge in [0.05, 0.1) is 6.61 Å². The number of ether oxygens (including phenoxy) is 1. The number of unbranched alkanes of at least 4 members (excludes halogenated alkanes) is 5. The van der Waals surface area contributed by atoms with E-state index in [2.05, 4.69) is 33.4 Å². The Morgan fingerprint density at radius 3 is 2.43 bits per heavy atom. The Bertz CT molecular complexity index is 1300. The van der Waals surface area contributed by atoms with E-state index in [0.717, 1.165) is 68.9 Å². The fourth-order valence-electron chi connectivity index (χ4n) is 5.78. The van der Waals surface area contributed by atoms with Gasteiger partial charge in [0.2, 0.25) is 0 Å². The van der Waals surface area contributed by atoms with E-state index in [0.29, 0.717) is 17.5 Å². The smallest absolute Gasteiger partial charge is 0.473 e. The van der Waals surface area contributed by atoms with Crippen molar-refractivity contribution >= 4 is 13.8 Å². The van der Waals surface area contributed by atoms with Crippen molar-refractivity contribution in [1.29, 1.82) is 0 Å². The number of phenolic OH excluding ortho intramolecular Hbond substituents is 1. The highest BCUT2D eigenvalue weighted by Gasteiger charge is 2.35. The first kappa shape index (κ1) is 35.8. The average Bonchev–Trinajstić information content (AvgIpc) is 2.98. The molecule has 0 aromatic heterocycles. The van der Waals surface area contributed by atoms with Crippen LogP contribution in [0.2, 0.25) is 0 Å². The van der Waals surface area contributed by atoms with Crippen LogP contribution in [0.15, 0.2) is 66.3 Å². The number of hydrogen-bond acceptors (Lipinski definition) is 6. The van der Waals surface area contributed by atoms with E-state index in [1.165, 1.54) is 5.57 Å². The predicted octanol–water partition coefficient (Wildman–Crippen LogP) is 9.72. The highest BCUT2D eigenvalue weighted by Crippen LogP contribution is 2.49. The standard InChI is InChI=1S/C36H51O7P/c1-6-8-10-15-19-33(43-44(39,40)41-25-28-16-13-11-14-17-28)36(38)42-34-24-29(18-12-9-7-2)23-32(37)35(34)31-22-27(5)20-21-30(31)26(3)4/h11,13-14,16-17,22-24,30-31,33,37H,3,6-10,12,15,18-21,25H2,1-2,4-5H3,(H,39,40)/t30-,31+,33?/m0/s1. The Morgan fingerprint density at radius 2 is 1.75 bits per heavy atom. The van der Waals surface area contributed by atoms with E-state index in [1.54, 1.807) is 30.3 Å². The van der Waals surface area contributed by atoms with Crippen LogP contribution in [0.5, 0.6) is 11.5 Å². The van der Waals surface area contributed by atoms with Crippen molar-refractivity contribution in [3.8, 4) is 11.5 Å². The number of allylic oxidation sites excluding steroid dienone is 3. The lowest BCUT2D eigenvalue weighted by Gasteiger charge is -2.32. The summed E-state index contributed by atoms with van der Waals surface area (Å²) in [6, 6.07) is 12.6. The fraction of sp³-hybridized carbons (Fsp3) is 0.528. The van der Waals surface area contributed by atoms with Gasteiger partial charge in [-0.25, -0.2) is 9.36 Å². The number of aryl methyl sites for hydroxylation is 1. The van der Waals surface area contributed by atoms with Crippen molar-refractivity contribution in [2.75, 3.05) is 0 Å².